The molecular weight excluding hydrogens is 326 g/mol. The van der Waals surface area contributed by atoms with Crippen LogP contribution in [-0.2, 0) is 17.8 Å². The lowest BCUT2D eigenvalue weighted by atomic mass is 10.0. The fourth-order valence-electron chi connectivity index (χ4n) is 3.38. The highest BCUT2D eigenvalue weighted by molar-refractivity contribution is 5.91. The molecule has 6 heteroatoms. The zero-order valence-electron chi connectivity index (χ0n) is 16.0. The first kappa shape index (κ1) is 18.6. The third kappa shape index (κ3) is 4.91. The van der Waals surface area contributed by atoms with Crippen molar-refractivity contribution in [3.05, 3.63) is 41.5 Å². The molecule has 1 aliphatic heterocycles. The number of rotatable bonds is 6. The van der Waals surface area contributed by atoms with Gasteiger partial charge >= 0.3 is 0 Å². The molecule has 26 heavy (non-hydrogen) atoms. The number of hydrogen-bond acceptors (Lipinski definition) is 4. The van der Waals surface area contributed by atoms with Gasteiger partial charge in [0.05, 0.1) is 6.42 Å². The molecule has 1 aromatic carbocycles. The fraction of sp³-hybridized carbons (Fsp3) is 0.550. The van der Waals surface area contributed by atoms with Gasteiger partial charge in [0.15, 0.2) is 5.82 Å². The second kappa shape index (κ2) is 8.45. The Morgan fingerprint density at radius 2 is 2.23 bits per heavy atom. The van der Waals surface area contributed by atoms with Crippen LogP contribution < -0.4 is 5.32 Å². The summed E-state index contributed by atoms with van der Waals surface area (Å²) in [5.74, 6) is 1.51. The number of aromatic nitrogens is 3. The van der Waals surface area contributed by atoms with E-state index in [1.54, 1.807) is 0 Å². The van der Waals surface area contributed by atoms with E-state index in [1.807, 2.05) is 26.0 Å². The lowest BCUT2D eigenvalue weighted by molar-refractivity contribution is -0.115. The molecule has 2 heterocycles. The Bertz CT molecular complexity index is 739. The molecule has 1 aromatic heterocycles. The van der Waals surface area contributed by atoms with E-state index in [9.17, 15) is 4.79 Å². The first-order valence-electron chi connectivity index (χ1n) is 9.55. The number of anilines is 1. The van der Waals surface area contributed by atoms with E-state index in [2.05, 4.69) is 44.5 Å². The number of likely N-dealkylation sites (tertiary alicyclic amines) is 1. The van der Waals surface area contributed by atoms with E-state index in [0.717, 1.165) is 24.6 Å². The minimum atomic E-state index is -0.0834. The van der Waals surface area contributed by atoms with Gasteiger partial charge in [0.25, 0.3) is 0 Å². The number of hydrogen-bond donors (Lipinski definition) is 2. The molecule has 3 rings (SSSR count). The number of nitrogens with one attached hydrogen (secondary N) is 2. The summed E-state index contributed by atoms with van der Waals surface area (Å²) < 4.78 is 0. The number of piperidine rings is 1. The fourth-order valence-corrected chi connectivity index (χ4v) is 3.38. The summed E-state index contributed by atoms with van der Waals surface area (Å²) in [6, 6.07) is 8.76. The molecule has 0 radical (unpaired) electrons. The number of carbonyl (C=O) groups is 1. The zero-order valence-corrected chi connectivity index (χ0v) is 16.0. The number of carbonyl (C=O) groups excluding carboxylic acids is 1. The quantitative estimate of drug-likeness (QED) is 0.832. The minimum Gasteiger partial charge on any atom is -0.326 e. The molecule has 1 aliphatic rings. The van der Waals surface area contributed by atoms with Gasteiger partial charge in [-0.2, -0.15) is 5.10 Å². The van der Waals surface area contributed by atoms with Crippen LogP contribution in [0.3, 0.4) is 0 Å². The third-order valence-corrected chi connectivity index (χ3v) is 4.93. The Balaban J connectivity index is 1.58. The van der Waals surface area contributed by atoms with Crippen LogP contribution in [0, 0.1) is 0 Å². The summed E-state index contributed by atoms with van der Waals surface area (Å²) in [5.41, 5.74) is 2.07. The first-order valence-corrected chi connectivity index (χ1v) is 9.55. The van der Waals surface area contributed by atoms with E-state index < -0.39 is 0 Å². The molecule has 2 aromatic rings. The number of benzene rings is 1. The molecule has 0 saturated carbocycles. The van der Waals surface area contributed by atoms with Gasteiger partial charge in [0.2, 0.25) is 5.91 Å². The second-order valence-electron chi connectivity index (χ2n) is 7.54. The van der Waals surface area contributed by atoms with Crippen LogP contribution in [0.15, 0.2) is 24.3 Å². The van der Waals surface area contributed by atoms with Gasteiger partial charge < -0.3 is 5.32 Å². The summed E-state index contributed by atoms with van der Waals surface area (Å²) in [6.45, 7) is 8.45. The van der Waals surface area contributed by atoms with Crippen LogP contribution in [0.4, 0.5) is 5.69 Å². The SMILES string of the molecule is CC(C)c1n[nH]c(CC(=O)Nc2cccc(CN3CCCC[C@H]3C)c2)n1. The van der Waals surface area contributed by atoms with E-state index in [-0.39, 0.29) is 18.2 Å². The Morgan fingerprint density at radius 1 is 1.38 bits per heavy atom. The molecule has 2 N–H and O–H groups in total. The van der Waals surface area contributed by atoms with Gasteiger partial charge in [0, 0.05) is 24.2 Å². The average Bonchev–Trinajstić information content (AvgIpc) is 3.06. The van der Waals surface area contributed by atoms with E-state index >= 15 is 0 Å². The van der Waals surface area contributed by atoms with E-state index in [1.165, 1.54) is 24.8 Å². The minimum absolute atomic E-state index is 0.0834. The number of H-pyrrole nitrogens is 1. The van der Waals surface area contributed by atoms with Crippen molar-refractivity contribution < 1.29 is 4.79 Å². The Kier molecular flexibility index (Phi) is 6.04. The van der Waals surface area contributed by atoms with Gasteiger partial charge in [-0.25, -0.2) is 4.98 Å². The lowest BCUT2D eigenvalue weighted by Crippen LogP contribution is -2.36. The maximum atomic E-state index is 12.3. The lowest BCUT2D eigenvalue weighted by Gasteiger charge is -2.33. The number of amides is 1. The Hall–Kier alpha value is -2.21. The van der Waals surface area contributed by atoms with Crippen LogP contribution >= 0.6 is 0 Å². The zero-order chi connectivity index (χ0) is 18.5. The first-order chi connectivity index (χ1) is 12.5. The molecule has 0 aliphatic carbocycles. The standard InChI is InChI=1S/C20H29N5O/c1-14(2)20-22-18(23-24-20)12-19(26)21-17-9-6-8-16(11-17)13-25-10-5-4-7-15(25)3/h6,8-9,11,14-15H,4-5,7,10,12-13H2,1-3H3,(H,21,26)(H,22,23,24)/t15-/m1/s1. The van der Waals surface area contributed by atoms with Crippen LogP contribution in [0.5, 0.6) is 0 Å². The van der Waals surface area contributed by atoms with Gasteiger partial charge in [-0.3, -0.25) is 14.8 Å². The normalized spacial score (nSPS) is 18.2. The maximum Gasteiger partial charge on any atom is 0.232 e. The molecule has 0 unspecified atom stereocenters. The van der Waals surface area contributed by atoms with Crippen molar-refractivity contribution in [1.29, 1.82) is 0 Å². The number of nitrogens with zero attached hydrogens (tertiary/aromatic N) is 3. The van der Waals surface area contributed by atoms with E-state index in [4.69, 9.17) is 0 Å². The van der Waals surface area contributed by atoms with Crippen molar-refractivity contribution in [2.24, 2.45) is 0 Å². The highest BCUT2D eigenvalue weighted by Crippen LogP contribution is 2.20. The summed E-state index contributed by atoms with van der Waals surface area (Å²) >= 11 is 0. The van der Waals surface area contributed by atoms with Crippen molar-refractivity contribution >= 4 is 11.6 Å². The topological polar surface area (TPSA) is 73.9 Å². The molecule has 1 saturated heterocycles. The van der Waals surface area contributed by atoms with Crippen molar-refractivity contribution in [1.82, 2.24) is 20.1 Å². The van der Waals surface area contributed by atoms with Crippen LogP contribution in [0.1, 0.15) is 63.2 Å². The monoisotopic (exact) mass is 355 g/mol. The third-order valence-electron chi connectivity index (χ3n) is 4.93. The summed E-state index contributed by atoms with van der Waals surface area (Å²) in [5, 5.41) is 9.96. The van der Waals surface area contributed by atoms with Crippen LogP contribution in [-0.4, -0.2) is 38.6 Å². The molecule has 0 spiro atoms. The maximum absolute atomic E-state index is 12.3. The highest BCUT2D eigenvalue weighted by Gasteiger charge is 2.18. The Labute approximate surface area is 155 Å². The predicted octanol–water partition coefficient (Wildman–Crippen LogP) is 3.48. The molecule has 6 nitrogen and oxygen atoms in total. The Morgan fingerprint density at radius 3 is 2.96 bits per heavy atom. The second-order valence-corrected chi connectivity index (χ2v) is 7.54. The number of aromatic amines is 1. The summed E-state index contributed by atoms with van der Waals surface area (Å²) in [7, 11) is 0. The van der Waals surface area contributed by atoms with Gasteiger partial charge in [-0.1, -0.05) is 32.4 Å². The molecule has 0 bridgehead atoms. The van der Waals surface area contributed by atoms with E-state index in [0.29, 0.717) is 11.9 Å². The molecule has 1 amide bonds. The molecular formula is C20H29N5O. The highest BCUT2D eigenvalue weighted by atomic mass is 16.1. The van der Waals surface area contributed by atoms with Crippen LogP contribution in [0.2, 0.25) is 0 Å². The van der Waals surface area contributed by atoms with Gasteiger partial charge in [-0.05, 0) is 44.0 Å². The average molecular weight is 355 g/mol. The van der Waals surface area contributed by atoms with Crippen molar-refractivity contribution in [2.75, 3.05) is 11.9 Å². The molecule has 140 valence electrons. The van der Waals surface area contributed by atoms with Crippen molar-refractivity contribution in [2.45, 2.75) is 65.0 Å². The van der Waals surface area contributed by atoms with Gasteiger partial charge in [0.1, 0.15) is 5.82 Å². The largest absolute Gasteiger partial charge is 0.326 e. The molecule has 1 atom stereocenters. The summed E-state index contributed by atoms with van der Waals surface area (Å²) in [6.07, 6.45) is 4.07. The van der Waals surface area contributed by atoms with Crippen molar-refractivity contribution in [3.8, 4) is 0 Å². The van der Waals surface area contributed by atoms with Gasteiger partial charge in [-0.15, -0.1) is 0 Å². The molecule has 1 fully saturated rings. The van der Waals surface area contributed by atoms with Crippen molar-refractivity contribution in [3.63, 3.8) is 0 Å². The van der Waals surface area contributed by atoms with Crippen LogP contribution in [0.25, 0.3) is 0 Å². The smallest absolute Gasteiger partial charge is 0.232 e. The summed E-state index contributed by atoms with van der Waals surface area (Å²) in [4.78, 5) is 19.2. The predicted molar refractivity (Wildman–Crippen MR) is 103 cm³/mol.